The zero-order chi connectivity index (χ0) is 20.6. The van der Waals surface area contributed by atoms with Crippen LogP contribution in [0.25, 0.3) is 10.9 Å². The fourth-order valence-corrected chi connectivity index (χ4v) is 5.20. The maximum absolute atomic E-state index is 12.6. The third-order valence-corrected chi connectivity index (χ3v) is 6.87. The average molecular weight is 404 g/mol. The van der Waals surface area contributed by atoms with E-state index in [2.05, 4.69) is 4.98 Å². The monoisotopic (exact) mass is 404 g/mol. The first-order valence-corrected chi connectivity index (χ1v) is 11.0. The molecule has 1 fully saturated rings. The highest BCUT2D eigenvalue weighted by Crippen LogP contribution is 2.21. The second kappa shape index (κ2) is 7.50. The van der Waals surface area contributed by atoms with Crippen molar-refractivity contribution in [2.24, 2.45) is 0 Å². The van der Waals surface area contributed by atoms with Crippen LogP contribution in [-0.4, -0.2) is 60.9 Å². The van der Waals surface area contributed by atoms with Gasteiger partial charge in [0.15, 0.2) is 15.9 Å². The summed E-state index contributed by atoms with van der Waals surface area (Å²) in [6.07, 6.45) is -0.619. The summed E-state index contributed by atoms with van der Waals surface area (Å²) in [5, 5.41) is 0.824. The van der Waals surface area contributed by atoms with E-state index in [-0.39, 0.29) is 17.5 Å². The normalized spacial score (nSPS) is 19.4. The molecule has 150 valence electrons. The van der Waals surface area contributed by atoms with E-state index in [1.807, 2.05) is 25.1 Å². The molecular formula is C20H24N2O5S. The molecular weight excluding hydrogens is 380 g/mol. The van der Waals surface area contributed by atoms with Crippen LogP contribution in [0.15, 0.2) is 24.3 Å². The number of hydrogen-bond acceptors (Lipinski definition) is 6. The molecule has 1 aromatic carbocycles. The largest absolute Gasteiger partial charge is 0.449 e. The first kappa shape index (κ1) is 20.3. The molecule has 0 bridgehead atoms. The fourth-order valence-electron chi connectivity index (χ4n) is 3.42. The third kappa shape index (κ3) is 4.16. The lowest BCUT2D eigenvalue weighted by molar-refractivity contribution is -0.140. The Hall–Kier alpha value is -2.48. The van der Waals surface area contributed by atoms with Crippen LogP contribution >= 0.6 is 0 Å². The lowest BCUT2D eigenvalue weighted by atomic mass is 10.1. The molecule has 28 heavy (non-hydrogen) atoms. The number of benzene rings is 1. The van der Waals surface area contributed by atoms with Gasteiger partial charge in [0, 0.05) is 18.5 Å². The van der Waals surface area contributed by atoms with Crippen LogP contribution in [0.4, 0.5) is 0 Å². The summed E-state index contributed by atoms with van der Waals surface area (Å²) >= 11 is 0. The molecule has 1 aliphatic heterocycles. The van der Waals surface area contributed by atoms with Crippen LogP contribution in [0, 0.1) is 13.8 Å². The van der Waals surface area contributed by atoms with Crippen LogP contribution in [0.5, 0.6) is 0 Å². The number of nitrogens with zero attached hydrogens (tertiary/aromatic N) is 2. The van der Waals surface area contributed by atoms with Crippen LogP contribution in [-0.2, 0) is 19.4 Å². The van der Waals surface area contributed by atoms with Gasteiger partial charge in [-0.25, -0.2) is 13.2 Å². The van der Waals surface area contributed by atoms with E-state index in [1.54, 1.807) is 20.0 Å². The van der Waals surface area contributed by atoms with Gasteiger partial charge in [-0.1, -0.05) is 11.6 Å². The van der Waals surface area contributed by atoms with Crippen molar-refractivity contribution in [3.05, 3.63) is 41.1 Å². The number of amides is 1. The van der Waals surface area contributed by atoms with Crippen molar-refractivity contribution in [1.29, 1.82) is 0 Å². The molecule has 0 saturated carbocycles. The molecule has 2 aromatic rings. The number of ether oxygens (including phenoxy) is 1. The van der Waals surface area contributed by atoms with Crippen molar-refractivity contribution >= 4 is 32.6 Å². The number of carbonyl (C=O) groups excluding carboxylic acids is 2. The Bertz CT molecular complexity index is 1050. The fraction of sp³-hybridized carbons (Fsp3) is 0.450. The summed E-state index contributed by atoms with van der Waals surface area (Å²) in [5.74, 6) is -1.02. The zero-order valence-corrected chi connectivity index (χ0v) is 17.2. The number of likely N-dealkylation sites (N-methyl/N-ethyl adjacent to an activating group) is 1. The lowest BCUT2D eigenvalue weighted by Gasteiger charge is -2.26. The number of pyridine rings is 1. The highest BCUT2D eigenvalue weighted by Gasteiger charge is 2.35. The van der Waals surface area contributed by atoms with Crippen molar-refractivity contribution in [1.82, 2.24) is 9.88 Å². The van der Waals surface area contributed by atoms with E-state index in [4.69, 9.17) is 4.74 Å². The van der Waals surface area contributed by atoms with Gasteiger partial charge in [-0.3, -0.25) is 9.78 Å². The van der Waals surface area contributed by atoms with Crippen LogP contribution in [0.3, 0.4) is 0 Å². The summed E-state index contributed by atoms with van der Waals surface area (Å²) in [5.41, 5.74) is 2.67. The Labute approximate surface area is 164 Å². The Morgan fingerprint density at radius 1 is 1.25 bits per heavy atom. The number of carbonyl (C=O) groups is 2. The highest BCUT2D eigenvalue weighted by molar-refractivity contribution is 7.91. The van der Waals surface area contributed by atoms with Crippen molar-refractivity contribution in [2.45, 2.75) is 39.3 Å². The Morgan fingerprint density at radius 3 is 2.61 bits per heavy atom. The molecule has 0 N–H and O–H groups in total. The molecule has 1 amide bonds. The number of esters is 1. The first-order valence-electron chi connectivity index (χ1n) is 9.13. The molecule has 1 saturated heterocycles. The van der Waals surface area contributed by atoms with Crippen molar-refractivity contribution in [3.63, 3.8) is 0 Å². The SMILES string of the molecule is Cc1ccc2nc(C)c(C(=O)OC(C)C(=O)N(C)C3CCS(=O)(=O)C3)cc2c1. The maximum atomic E-state index is 12.6. The summed E-state index contributed by atoms with van der Waals surface area (Å²) in [4.78, 5) is 31.0. The second-order valence-electron chi connectivity index (χ2n) is 7.37. The summed E-state index contributed by atoms with van der Waals surface area (Å²) in [7, 11) is -1.56. The van der Waals surface area contributed by atoms with Gasteiger partial charge in [0.05, 0.1) is 28.3 Å². The third-order valence-electron chi connectivity index (χ3n) is 5.12. The van der Waals surface area contributed by atoms with Gasteiger partial charge in [-0.05, 0) is 45.4 Å². The summed E-state index contributed by atoms with van der Waals surface area (Å²) < 4.78 is 28.6. The molecule has 2 heterocycles. The van der Waals surface area contributed by atoms with Gasteiger partial charge < -0.3 is 9.64 Å². The lowest BCUT2D eigenvalue weighted by Crippen LogP contribution is -2.44. The van der Waals surface area contributed by atoms with Gasteiger partial charge in [0.2, 0.25) is 0 Å². The Morgan fingerprint density at radius 2 is 1.96 bits per heavy atom. The van der Waals surface area contributed by atoms with Crippen molar-refractivity contribution in [3.8, 4) is 0 Å². The number of hydrogen-bond donors (Lipinski definition) is 0. The number of aryl methyl sites for hydroxylation is 2. The quantitative estimate of drug-likeness (QED) is 0.724. The van der Waals surface area contributed by atoms with Gasteiger partial charge in [0.1, 0.15) is 0 Å². The van der Waals surface area contributed by atoms with Gasteiger partial charge in [-0.15, -0.1) is 0 Å². The molecule has 8 heteroatoms. The molecule has 2 unspecified atom stereocenters. The van der Waals surface area contributed by atoms with E-state index in [0.717, 1.165) is 16.5 Å². The molecule has 1 aromatic heterocycles. The molecule has 1 aliphatic rings. The summed E-state index contributed by atoms with van der Waals surface area (Å²) in [6.45, 7) is 5.17. The van der Waals surface area contributed by atoms with E-state index in [1.165, 1.54) is 11.8 Å². The average Bonchev–Trinajstić information content (AvgIpc) is 2.99. The topological polar surface area (TPSA) is 93.6 Å². The van der Waals surface area contributed by atoms with Gasteiger partial charge in [-0.2, -0.15) is 0 Å². The van der Waals surface area contributed by atoms with Crippen molar-refractivity contribution in [2.75, 3.05) is 18.6 Å². The predicted octanol–water partition coefficient (Wildman–Crippen LogP) is 2.04. The predicted molar refractivity (Wildman–Crippen MR) is 106 cm³/mol. The van der Waals surface area contributed by atoms with Crippen LogP contribution < -0.4 is 0 Å². The molecule has 0 spiro atoms. The minimum absolute atomic E-state index is 0.0526. The minimum atomic E-state index is -3.11. The molecule has 3 rings (SSSR count). The molecule has 0 radical (unpaired) electrons. The van der Waals surface area contributed by atoms with Crippen LogP contribution in [0.1, 0.15) is 35.0 Å². The minimum Gasteiger partial charge on any atom is -0.449 e. The summed E-state index contributed by atoms with van der Waals surface area (Å²) in [6, 6.07) is 7.11. The molecule has 2 atom stereocenters. The van der Waals surface area contributed by atoms with Crippen molar-refractivity contribution < 1.29 is 22.7 Å². The number of rotatable bonds is 4. The van der Waals surface area contributed by atoms with E-state index < -0.39 is 27.8 Å². The van der Waals surface area contributed by atoms with E-state index in [9.17, 15) is 18.0 Å². The first-order chi connectivity index (χ1) is 13.1. The molecule has 7 nitrogen and oxygen atoms in total. The van der Waals surface area contributed by atoms with E-state index in [0.29, 0.717) is 17.7 Å². The maximum Gasteiger partial charge on any atom is 0.340 e. The Kier molecular flexibility index (Phi) is 5.43. The van der Waals surface area contributed by atoms with Crippen LogP contribution in [0.2, 0.25) is 0 Å². The number of aromatic nitrogens is 1. The zero-order valence-electron chi connectivity index (χ0n) is 16.4. The smallest absolute Gasteiger partial charge is 0.340 e. The molecule has 0 aliphatic carbocycles. The van der Waals surface area contributed by atoms with Gasteiger partial charge >= 0.3 is 5.97 Å². The number of sulfone groups is 1. The standard InChI is InChI=1S/C20H24N2O5S/c1-12-5-6-18-15(9-12)10-17(13(2)21-18)20(24)27-14(3)19(23)22(4)16-7-8-28(25,26)11-16/h5-6,9-10,14,16H,7-8,11H2,1-4H3. The van der Waals surface area contributed by atoms with E-state index >= 15 is 0 Å². The number of fused-ring (bicyclic) bond motifs is 1. The Balaban J connectivity index is 1.74. The second-order valence-corrected chi connectivity index (χ2v) is 9.60. The van der Waals surface area contributed by atoms with Gasteiger partial charge in [0.25, 0.3) is 5.91 Å². The highest BCUT2D eigenvalue weighted by atomic mass is 32.2.